The molecule has 0 aliphatic carbocycles. The predicted molar refractivity (Wildman–Crippen MR) is 77.0 cm³/mol. The number of carbonyl (C=O) groups is 1. The van der Waals surface area contributed by atoms with Crippen LogP contribution in [0.25, 0.3) is 0 Å². The zero-order valence-electron chi connectivity index (χ0n) is 11.0. The Morgan fingerprint density at radius 1 is 1.30 bits per heavy atom. The number of hydrogen-bond donors (Lipinski definition) is 1. The standard InChI is InChI=1S/C14H13ClN2O3/c1-17(2)9-4-3-5-10(8-9)20-12-7-6-11(15)13(16-12)14(18)19/h3-8H,1-2H3,(H,18,19). The molecule has 0 radical (unpaired) electrons. The fourth-order valence-electron chi connectivity index (χ4n) is 1.58. The fraction of sp³-hybridized carbons (Fsp3) is 0.143. The fourth-order valence-corrected chi connectivity index (χ4v) is 1.76. The first-order chi connectivity index (χ1) is 9.47. The second-order valence-corrected chi connectivity index (χ2v) is 4.69. The van der Waals surface area contributed by atoms with E-state index in [1.54, 1.807) is 6.07 Å². The van der Waals surface area contributed by atoms with E-state index in [1.165, 1.54) is 12.1 Å². The number of halogens is 1. The summed E-state index contributed by atoms with van der Waals surface area (Å²) in [5.74, 6) is -0.437. The van der Waals surface area contributed by atoms with Gasteiger partial charge >= 0.3 is 5.97 Å². The largest absolute Gasteiger partial charge is 0.476 e. The molecule has 1 aromatic heterocycles. The number of benzene rings is 1. The molecular weight excluding hydrogens is 280 g/mol. The van der Waals surface area contributed by atoms with Crippen molar-refractivity contribution in [3.8, 4) is 11.6 Å². The van der Waals surface area contributed by atoms with Gasteiger partial charge in [-0.15, -0.1) is 0 Å². The van der Waals surface area contributed by atoms with Gasteiger partial charge in [0.25, 0.3) is 0 Å². The van der Waals surface area contributed by atoms with Crippen LogP contribution in [0.1, 0.15) is 10.5 Å². The average Bonchev–Trinajstić information content (AvgIpc) is 2.41. The smallest absolute Gasteiger partial charge is 0.356 e. The second kappa shape index (κ2) is 5.79. The van der Waals surface area contributed by atoms with Gasteiger partial charge in [0.05, 0.1) is 5.02 Å². The zero-order valence-corrected chi connectivity index (χ0v) is 11.8. The van der Waals surface area contributed by atoms with Crippen LogP contribution in [0.2, 0.25) is 5.02 Å². The number of hydrogen-bond acceptors (Lipinski definition) is 4. The molecule has 0 bridgehead atoms. The lowest BCUT2D eigenvalue weighted by atomic mass is 10.3. The van der Waals surface area contributed by atoms with Gasteiger partial charge in [-0.3, -0.25) is 0 Å². The Morgan fingerprint density at radius 2 is 2.05 bits per heavy atom. The van der Waals surface area contributed by atoms with Gasteiger partial charge < -0.3 is 14.7 Å². The predicted octanol–water partition coefficient (Wildman–Crippen LogP) is 3.29. The van der Waals surface area contributed by atoms with Crippen molar-refractivity contribution in [1.29, 1.82) is 0 Å². The number of anilines is 1. The Balaban J connectivity index is 2.28. The van der Waals surface area contributed by atoms with Gasteiger partial charge in [0.1, 0.15) is 5.75 Å². The number of ether oxygens (including phenoxy) is 1. The van der Waals surface area contributed by atoms with Crippen molar-refractivity contribution in [2.75, 3.05) is 19.0 Å². The summed E-state index contributed by atoms with van der Waals surface area (Å²) < 4.78 is 5.56. The Morgan fingerprint density at radius 3 is 2.70 bits per heavy atom. The van der Waals surface area contributed by atoms with Gasteiger partial charge in [-0.25, -0.2) is 9.78 Å². The first-order valence-corrected chi connectivity index (χ1v) is 6.20. The summed E-state index contributed by atoms with van der Waals surface area (Å²) in [6.45, 7) is 0. The van der Waals surface area contributed by atoms with E-state index < -0.39 is 5.97 Å². The number of pyridine rings is 1. The molecule has 104 valence electrons. The third-order valence-corrected chi connectivity index (χ3v) is 2.88. The van der Waals surface area contributed by atoms with Gasteiger partial charge in [-0.05, 0) is 18.2 Å². The molecule has 5 nitrogen and oxygen atoms in total. The van der Waals surface area contributed by atoms with Gasteiger partial charge in [0.2, 0.25) is 5.88 Å². The van der Waals surface area contributed by atoms with Gasteiger partial charge in [-0.1, -0.05) is 17.7 Å². The number of aromatic nitrogens is 1. The molecule has 0 unspecified atom stereocenters. The van der Waals surface area contributed by atoms with Crippen LogP contribution in [-0.4, -0.2) is 30.2 Å². The lowest BCUT2D eigenvalue weighted by Crippen LogP contribution is -2.08. The van der Waals surface area contributed by atoms with E-state index in [2.05, 4.69) is 4.98 Å². The first kappa shape index (κ1) is 14.1. The van der Waals surface area contributed by atoms with Crippen LogP contribution in [0, 0.1) is 0 Å². The molecule has 0 atom stereocenters. The van der Waals surface area contributed by atoms with Crippen LogP contribution in [0.3, 0.4) is 0 Å². The zero-order chi connectivity index (χ0) is 14.7. The summed E-state index contributed by atoms with van der Waals surface area (Å²) in [5, 5.41) is 9.04. The average molecular weight is 293 g/mol. The van der Waals surface area contributed by atoms with E-state index >= 15 is 0 Å². The van der Waals surface area contributed by atoms with Crippen molar-refractivity contribution in [3.63, 3.8) is 0 Å². The highest BCUT2D eigenvalue weighted by Gasteiger charge is 2.12. The molecule has 1 heterocycles. The van der Waals surface area contributed by atoms with Crippen LogP contribution in [-0.2, 0) is 0 Å². The first-order valence-electron chi connectivity index (χ1n) is 5.82. The summed E-state index contributed by atoms with van der Waals surface area (Å²) in [6, 6.07) is 10.4. The minimum absolute atomic E-state index is 0.0758. The van der Waals surface area contributed by atoms with E-state index in [4.69, 9.17) is 21.4 Å². The third kappa shape index (κ3) is 3.19. The summed E-state index contributed by atoms with van der Waals surface area (Å²) in [7, 11) is 3.84. The third-order valence-electron chi connectivity index (χ3n) is 2.58. The molecule has 20 heavy (non-hydrogen) atoms. The topological polar surface area (TPSA) is 62.7 Å². The van der Waals surface area contributed by atoms with E-state index in [1.807, 2.05) is 37.2 Å². The molecular formula is C14H13ClN2O3. The van der Waals surface area contributed by atoms with Crippen molar-refractivity contribution in [1.82, 2.24) is 4.98 Å². The van der Waals surface area contributed by atoms with E-state index in [9.17, 15) is 4.79 Å². The minimum atomic E-state index is -1.19. The molecule has 0 aliphatic heterocycles. The Labute approximate surface area is 121 Å². The minimum Gasteiger partial charge on any atom is -0.476 e. The number of rotatable bonds is 4. The van der Waals surface area contributed by atoms with Crippen molar-refractivity contribution in [3.05, 3.63) is 47.1 Å². The summed E-state index contributed by atoms with van der Waals surface area (Å²) in [5.41, 5.74) is 0.739. The lowest BCUT2D eigenvalue weighted by molar-refractivity contribution is 0.0690. The normalized spacial score (nSPS) is 10.2. The van der Waals surface area contributed by atoms with Crippen molar-refractivity contribution in [2.45, 2.75) is 0 Å². The van der Waals surface area contributed by atoms with Crippen molar-refractivity contribution in [2.24, 2.45) is 0 Å². The van der Waals surface area contributed by atoms with Crippen LogP contribution >= 0.6 is 11.6 Å². The maximum atomic E-state index is 11.0. The monoisotopic (exact) mass is 292 g/mol. The molecule has 0 amide bonds. The van der Waals surface area contributed by atoms with Crippen LogP contribution < -0.4 is 9.64 Å². The van der Waals surface area contributed by atoms with Gasteiger partial charge in [0, 0.05) is 31.9 Å². The number of carboxylic acids is 1. The summed E-state index contributed by atoms with van der Waals surface area (Å²) in [6.07, 6.45) is 0. The Kier molecular flexibility index (Phi) is 4.10. The second-order valence-electron chi connectivity index (χ2n) is 4.28. The molecule has 0 aliphatic rings. The Hall–Kier alpha value is -2.27. The van der Waals surface area contributed by atoms with E-state index in [0.29, 0.717) is 5.75 Å². The maximum Gasteiger partial charge on any atom is 0.356 e. The lowest BCUT2D eigenvalue weighted by Gasteiger charge is -2.13. The number of aromatic carboxylic acids is 1. The van der Waals surface area contributed by atoms with E-state index in [0.717, 1.165) is 5.69 Å². The molecule has 1 N–H and O–H groups in total. The molecule has 0 spiro atoms. The SMILES string of the molecule is CN(C)c1cccc(Oc2ccc(Cl)c(C(=O)O)n2)c1. The van der Waals surface area contributed by atoms with Crippen molar-refractivity contribution < 1.29 is 14.6 Å². The molecule has 0 fully saturated rings. The van der Waals surface area contributed by atoms with E-state index in [-0.39, 0.29) is 16.6 Å². The summed E-state index contributed by atoms with van der Waals surface area (Å²) in [4.78, 5) is 16.8. The highest BCUT2D eigenvalue weighted by atomic mass is 35.5. The maximum absolute atomic E-state index is 11.0. The molecule has 2 rings (SSSR count). The highest BCUT2D eigenvalue weighted by molar-refractivity contribution is 6.33. The van der Waals surface area contributed by atoms with Gasteiger partial charge in [0.15, 0.2) is 5.69 Å². The Bertz CT molecular complexity index is 644. The quantitative estimate of drug-likeness (QED) is 0.937. The van der Waals surface area contributed by atoms with Gasteiger partial charge in [-0.2, -0.15) is 0 Å². The van der Waals surface area contributed by atoms with Crippen LogP contribution in [0.15, 0.2) is 36.4 Å². The molecule has 0 saturated heterocycles. The number of carboxylic acid groups (broad SMARTS) is 1. The van der Waals surface area contributed by atoms with Crippen molar-refractivity contribution >= 4 is 23.3 Å². The van der Waals surface area contributed by atoms with Crippen LogP contribution in [0.5, 0.6) is 11.6 Å². The van der Waals surface area contributed by atoms with Crippen LogP contribution in [0.4, 0.5) is 5.69 Å². The highest BCUT2D eigenvalue weighted by Crippen LogP contribution is 2.26. The molecule has 2 aromatic rings. The molecule has 6 heteroatoms. The number of nitrogens with zero attached hydrogens (tertiary/aromatic N) is 2. The summed E-state index contributed by atoms with van der Waals surface area (Å²) >= 11 is 5.76. The molecule has 0 saturated carbocycles. The molecule has 1 aromatic carbocycles.